The number of amides is 2. The molecule has 1 aliphatic heterocycles. The number of hydrogen-bond donors (Lipinski definition) is 1. The molecule has 0 radical (unpaired) electrons. The molecule has 1 saturated heterocycles. The van der Waals surface area contributed by atoms with Gasteiger partial charge in [0.2, 0.25) is 11.8 Å². The third-order valence-electron chi connectivity index (χ3n) is 4.61. The highest BCUT2D eigenvalue weighted by molar-refractivity contribution is 9.10. The molecule has 0 bridgehead atoms. The smallest absolute Gasteiger partial charge is 0.225 e. The standard InChI is InChI=1S/C19H27BrN2O2/c1-3-6-18(23)22-12-5-7-15(13-22)19(24)21-17(4-2)14-8-10-16(20)11-9-14/h8-11,15,17H,3-7,12-13H2,1-2H3,(H,21,24). The van der Waals surface area contributed by atoms with Crippen molar-refractivity contribution in [2.75, 3.05) is 13.1 Å². The van der Waals surface area contributed by atoms with E-state index in [2.05, 4.69) is 28.2 Å². The molecular formula is C19H27BrN2O2. The quantitative estimate of drug-likeness (QED) is 0.790. The van der Waals surface area contributed by atoms with Gasteiger partial charge < -0.3 is 10.2 Å². The molecule has 5 heteroatoms. The summed E-state index contributed by atoms with van der Waals surface area (Å²) in [5.41, 5.74) is 1.11. The van der Waals surface area contributed by atoms with Gasteiger partial charge in [-0.05, 0) is 43.4 Å². The van der Waals surface area contributed by atoms with Crippen LogP contribution in [0.15, 0.2) is 28.7 Å². The molecule has 4 nitrogen and oxygen atoms in total. The minimum Gasteiger partial charge on any atom is -0.349 e. The second-order valence-corrected chi connectivity index (χ2v) is 7.37. The molecule has 1 N–H and O–H groups in total. The number of hydrogen-bond acceptors (Lipinski definition) is 2. The number of rotatable bonds is 6. The Morgan fingerprint density at radius 2 is 2.00 bits per heavy atom. The predicted octanol–water partition coefficient (Wildman–Crippen LogP) is 4.06. The van der Waals surface area contributed by atoms with Gasteiger partial charge in [-0.15, -0.1) is 0 Å². The van der Waals surface area contributed by atoms with E-state index < -0.39 is 0 Å². The molecular weight excluding hydrogens is 368 g/mol. The summed E-state index contributed by atoms with van der Waals surface area (Å²) in [6.45, 7) is 5.43. The second-order valence-electron chi connectivity index (χ2n) is 6.45. The van der Waals surface area contributed by atoms with E-state index >= 15 is 0 Å². The van der Waals surface area contributed by atoms with Gasteiger partial charge in [-0.2, -0.15) is 0 Å². The van der Waals surface area contributed by atoms with Crippen LogP contribution in [-0.2, 0) is 9.59 Å². The van der Waals surface area contributed by atoms with Gasteiger partial charge in [0, 0.05) is 24.0 Å². The van der Waals surface area contributed by atoms with Gasteiger partial charge >= 0.3 is 0 Å². The molecule has 132 valence electrons. The summed E-state index contributed by atoms with van der Waals surface area (Å²) in [6, 6.07) is 8.09. The van der Waals surface area contributed by atoms with Crippen LogP contribution < -0.4 is 5.32 Å². The van der Waals surface area contributed by atoms with Crippen molar-refractivity contribution >= 4 is 27.7 Å². The highest BCUT2D eigenvalue weighted by Gasteiger charge is 2.29. The van der Waals surface area contributed by atoms with E-state index in [0.717, 1.165) is 42.3 Å². The molecule has 2 rings (SSSR count). The Morgan fingerprint density at radius 1 is 1.29 bits per heavy atom. The van der Waals surface area contributed by atoms with Gasteiger partial charge in [-0.1, -0.05) is 41.9 Å². The number of likely N-dealkylation sites (tertiary alicyclic amines) is 1. The average molecular weight is 395 g/mol. The first-order valence-electron chi connectivity index (χ1n) is 8.88. The Bertz CT molecular complexity index is 559. The van der Waals surface area contributed by atoms with Crippen molar-refractivity contribution in [1.29, 1.82) is 0 Å². The summed E-state index contributed by atoms with van der Waals surface area (Å²) in [6.07, 6.45) is 4.04. The Kier molecular flexibility index (Phi) is 7.28. The molecule has 0 aromatic heterocycles. The van der Waals surface area contributed by atoms with Crippen LogP contribution in [-0.4, -0.2) is 29.8 Å². The lowest BCUT2D eigenvalue weighted by Crippen LogP contribution is -2.46. The number of nitrogens with zero attached hydrogens (tertiary/aromatic N) is 1. The zero-order valence-corrected chi connectivity index (χ0v) is 16.1. The zero-order chi connectivity index (χ0) is 17.5. The van der Waals surface area contributed by atoms with Crippen molar-refractivity contribution in [3.63, 3.8) is 0 Å². The molecule has 1 aromatic rings. The highest BCUT2D eigenvalue weighted by Crippen LogP contribution is 2.22. The van der Waals surface area contributed by atoms with E-state index in [1.54, 1.807) is 0 Å². The molecule has 1 aliphatic rings. The maximum absolute atomic E-state index is 12.7. The summed E-state index contributed by atoms with van der Waals surface area (Å²) in [4.78, 5) is 26.6. The Hall–Kier alpha value is -1.36. The molecule has 0 saturated carbocycles. The first-order valence-corrected chi connectivity index (χ1v) is 9.68. The summed E-state index contributed by atoms with van der Waals surface area (Å²) >= 11 is 3.44. The first kappa shape index (κ1) is 19.0. The van der Waals surface area contributed by atoms with E-state index in [-0.39, 0.29) is 23.8 Å². The van der Waals surface area contributed by atoms with Crippen molar-refractivity contribution in [2.45, 2.75) is 52.0 Å². The van der Waals surface area contributed by atoms with Crippen LogP contribution in [0.1, 0.15) is 57.6 Å². The lowest BCUT2D eigenvalue weighted by molar-refractivity contribution is -0.136. The van der Waals surface area contributed by atoms with E-state index in [4.69, 9.17) is 0 Å². The number of nitrogens with one attached hydrogen (secondary N) is 1. The molecule has 0 aliphatic carbocycles. The van der Waals surface area contributed by atoms with Crippen molar-refractivity contribution in [2.24, 2.45) is 5.92 Å². The minimum absolute atomic E-state index is 0.0207. The summed E-state index contributed by atoms with van der Waals surface area (Å²) in [5, 5.41) is 3.17. The molecule has 2 atom stereocenters. The van der Waals surface area contributed by atoms with Gasteiger partial charge in [0.05, 0.1) is 12.0 Å². The molecule has 1 heterocycles. The predicted molar refractivity (Wildman–Crippen MR) is 99.5 cm³/mol. The SMILES string of the molecule is CCCC(=O)N1CCCC(C(=O)NC(CC)c2ccc(Br)cc2)C1. The molecule has 1 fully saturated rings. The molecule has 24 heavy (non-hydrogen) atoms. The molecule has 2 unspecified atom stereocenters. The van der Waals surface area contributed by atoms with Gasteiger partial charge in [-0.25, -0.2) is 0 Å². The number of carbonyl (C=O) groups excluding carboxylic acids is 2. The van der Waals surface area contributed by atoms with Crippen LogP contribution in [0.5, 0.6) is 0 Å². The summed E-state index contributed by atoms with van der Waals surface area (Å²) < 4.78 is 1.03. The fraction of sp³-hybridized carbons (Fsp3) is 0.579. The lowest BCUT2D eigenvalue weighted by Gasteiger charge is -2.33. The van der Waals surface area contributed by atoms with Crippen molar-refractivity contribution in [3.05, 3.63) is 34.3 Å². The molecule has 0 spiro atoms. The molecule has 1 aromatic carbocycles. The lowest BCUT2D eigenvalue weighted by atomic mass is 9.95. The van der Waals surface area contributed by atoms with Gasteiger partial charge in [0.25, 0.3) is 0 Å². The zero-order valence-electron chi connectivity index (χ0n) is 14.6. The summed E-state index contributed by atoms with van der Waals surface area (Å²) in [5.74, 6) is 0.151. The van der Waals surface area contributed by atoms with Gasteiger partial charge in [0.15, 0.2) is 0 Å². The normalized spacial score (nSPS) is 19.0. The molecule has 2 amide bonds. The minimum atomic E-state index is -0.0935. The third-order valence-corrected chi connectivity index (χ3v) is 5.13. The average Bonchev–Trinajstić information content (AvgIpc) is 2.60. The monoisotopic (exact) mass is 394 g/mol. The Labute approximate surface area is 153 Å². The van der Waals surface area contributed by atoms with Crippen LogP contribution in [0.4, 0.5) is 0 Å². The Balaban J connectivity index is 1.97. The topological polar surface area (TPSA) is 49.4 Å². The van der Waals surface area contributed by atoms with Crippen molar-refractivity contribution < 1.29 is 9.59 Å². The highest BCUT2D eigenvalue weighted by atomic mass is 79.9. The van der Waals surface area contributed by atoms with Crippen LogP contribution >= 0.6 is 15.9 Å². The van der Waals surface area contributed by atoms with Crippen LogP contribution in [0.2, 0.25) is 0 Å². The maximum Gasteiger partial charge on any atom is 0.225 e. The largest absolute Gasteiger partial charge is 0.349 e. The van der Waals surface area contributed by atoms with E-state index in [9.17, 15) is 9.59 Å². The number of halogens is 1. The van der Waals surface area contributed by atoms with Crippen molar-refractivity contribution in [1.82, 2.24) is 10.2 Å². The number of benzene rings is 1. The van der Waals surface area contributed by atoms with Crippen LogP contribution in [0, 0.1) is 5.92 Å². The third kappa shape index (κ3) is 5.07. The van der Waals surface area contributed by atoms with Crippen molar-refractivity contribution in [3.8, 4) is 0 Å². The fourth-order valence-electron chi connectivity index (χ4n) is 3.20. The fourth-order valence-corrected chi connectivity index (χ4v) is 3.46. The summed E-state index contributed by atoms with van der Waals surface area (Å²) in [7, 11) is 0. The van der Waals surface area contributed by atoms with E-state index in [0.29, 0.717) is 13.0 Å². The maximum atomic E-state index is 12.7. The number of piperidine rings is 1. The van der Waals surface area contributed by atoms with E-state index in [1.807, 2.05) is 36.1 Å². The van der Waals surface area contributed by atoms with Gasteiger partial charge in [-0.3, -0.25) is 9.59 Å². The Morgan fingerprint density at radius 3 is 2.62 bits per heavy atom. The first-order chi connectivity index (χ1) is 11.5. The van der Waals surface area contributed by atoms with Crippen LogP contribution in [0.3, 0.4) is 0 Å². The van der Waals surface area contributed by atoms with Gasteiger partial charge in [0.1, 0.15) is 0 Å². The number of carbonyl (C=O) groups is 2. The van der Waals surface area contributed by atoms with Crippen LogP contribution in [0.25, 0.3) is 0 Å². The van der Waals surface area contributed by atoms with E-state index in [1.165, 1.54) is 0 Å². The second kappa shape index (κ2) is 9.21.